The van der Waals surface area contributed by atoms with Crippen molar-refractivity contribution in [2.45, 2.75) is 97.6 Å². The van der Waals surface area contributed by atoms with Gasteiger partial charge in [0, 0.05) is 31.8 Å². The quantitative estimate of drug-likeness (QED) is 0.477. The van der Waals surface area contributed by atoms with Crippen molar-refractivity contribution in [3.05, 3.63) is 0 Å². The Morgan fingerprint density at radius 2 is 1.69 bits per heavy atom. The second-order valence-electron chi connectivity index (χ2n) is 13.6. The predicted octanol–water partition coefficient (Wildman–Crippen LogP) is 6.06. The Kier molecular flexibility index (Phi) is 5.80. The molecule has 182 valence electrons. The fraction of sp³-hybridized carbons (Fsp3) is 0.963. The molecule has 4 saturated carbocycles. The summed E-state index contributed by atoms with van der Waals surface area (Å²) in [6, 6.07) is 0. The first-order chi connectivity index (χ1) is 15.0. The van der Waals surface area contributed by atoms with Gasteiger partial charge in [0.1, 0.15) is 5.78 Å². The molecule has 0 aromatic carbocycles. The highest BCUT2D eigenvalue weighted by atomic mass is 28.4. The van der Waals surface area contributed by atoms with E-state index in [1.165, 1.54) is 25.7 Å². The fourth-order valence-corrected chi connectivity index (χ4v) is 9.87. The molecule has 0 amide bonds. The number of carbonyl (C=O) groups is 1. The van der Waals surface area contributed by atoms with Gasteiger partial charge in [-0.05, 0) is 92.2 Å². The Balaban J connectivity index is 1.35. The van der Waals surface area contributed by atoms with Gasteiger partial charge in [0.15, 0.2) is 14.1 Å². The molecule has 32 heavy (non-hydrogen) atoms. The van der Waals surface area contributed by atoms with Crippen LogP contribution in [-0.4, -0.2) is 39.7 Å². The molecule has 5 heteroatoms. The third-order valence-corrected chi connectivity index (χ3v) is 11.9. The second kappa shape index (κ2) is 7.89. The third kappa shape index (κ3) is 3.68. The first kappa shape index (κ1) is 23.5. The van der Waals surface area contributed by atoms with Crippen molar-refractivity contribution < 1.29 is 18.7 Å². The van der Waals surface area contributed by atoms with Crippen LogP contribution in [-0.2, 0) is 18.7 Å². The maximum absolute atomic E-state index is 13.7. The molecule has 4 unspecified atom stereocenters. The Bertz CT molecular complexity index is 740. The molecule has 4 aliphatic carbocycles. The Morgan fingerprint density at radius 3 is 2.38 bits per heavy atom. The van der Waals surface area contributed by atoms with Crippen LogP contribution in [0.3, 0.4) is 0 Å². The fourth-order valence-electron chi connectivity index (χ4n) is 9.11. The summed E-state index contributed by atoms with van der Waals surface area (Å²) in [5, 5.41) is 0. The van der Waals surface area contributed by atoms with E-state index in [1.807, 2.05) is 0 Å². The van der Waals surface area contributed by atoms with Gasteiger partial charge in [0.2, 0.25) is 0 Å². The number of rotatable bonds is 4. The van der Waals surface area contributed by atoms with Crippen molar-refractivity contribution in [3.63, 3.8) is 0 Å². The SMILES string of the molecule is CC(CO[Si](C)(C)C)[C@H]1CCC2C3C(=O)C[C@H]4CC5(CC[C@]4(C)C3CC[C@@]21C)OCCO5. The number of fused-ring (bicyclic) bond motifs is 5. The molecule has 0 N–H and O–H groups in total. The average molecular weight is 463 g/mol. The van der Waals surface area contributed by atoms with Crippen LogP contribution >= 0.6 is 0 Å². The number of hydrogen-bond donors (Lipinski definition) is 0. The van der Waals surface area contributed by atoms with E-state index in [2.05, 4.69) is 40.4 Å². The van der Waals surface area contributed by atoms with Gasteiger partial charge in [-0.2, -0.15) is 0 Å². The van der Waals surface area contributed by atoms with E-state index in [0.29, 0.717) is 54.0 Å². The van der Waals surface area contributed by atoms with E-state index in [-0.39, 0.29) is 17.1 Å². The van der Waals surface area contributed by atoms with E-state index < -0.39 is 8.32 Å². The maximum atomic E-state index is 13.7. The van der Waals surface area contributed by atoms with Crippen LogP contribution in [0.15, 0.2) is 0 Å². The average Bonchev–Trinajstić information content (AvgIpc) is 3.31. The minimum absolute atomic E-state index is 0.269. The number of hydrogen-bond acceptors (Lipinski definition) is 4. The van der Waals surface area contributed by atoms with Crippen LogP contribution in [0.25, 0.3) is 0 Å². The largest absolute Gasteiger partial charge is 0.417 e. The molecule has 5 rings (SSSR count). The van der Waals surface area contributed by atoms with Gasteiger partial charge in [-0.1, -0.05) is 20.8 Å². The molecule has 0 radical (unpaired) electrons. The molecule has 5 aliphatic rings. The lowest BCUT2D eigenvalue weighted by atomic mass is 9.44. The second-order valence-corrected chi connectivity index (χ2v) is 18.1. The summed E-state index contributed by atoms with van der Waals surface area (Å²) in [7, 11) is -1.50. The first-order valence-corrected chi connectivity index (χ1v) is 16.8. The van der Waals surface area contributed by atoms with Crippen LogP contribution in [0.4, 0.5) is 0 Å². The smallest absolute Gasteiger partial charge is 0.183 e. The Morgan fingerprint density at radius 1 is 1.00 bits per heavy atom. The van der Waals surface area contributed by atoms with Crippen molar-refractivity contribution in [2.24, 2.45) is 46.3 Å². The van der Waals surface area contributed by atoms with Gasteiger partial charge in [0.25, 0.3) is 0 Å². The number of ether oxygens (including phenoxy) is 2. The van der Waals surface area contributed by atoms with Crippen LogP contribution in [0.1, 0.15) is 72.1 Å². The summed E-state index contributed by atoms with van der Waals surface area (Å²) < 4.78 is 18.5. The monoisotopic (exact) mass is 462 g/mol. The molecule has 8 atom stereocenters. The Labute approximate surface area is 196 Å². The van der Waals surface area contributed by atoms with E-state index in [9.17, 15) is 4.79 Å². The van der Waals surface area contributed by atoms with Crippen molar-refractivity contribution in [1.82, 2.24) is 0 Å². The van der Waals surface area contributed by atoms with Crippen molar-refractivity contribution in [3.8, 4) is 0 Å². The highest BCUT2D eigenvalue weighted by Gasteiger charge is 2.64. The summed E-state index contributed by atoms with van der Waals surface area (Å²) in [5.74, 6) is 3.29. The highest BCUT2D eigenvalue weighted by molar-refractivity contribution is 6.69. The molecular formula is C27H46O4Si. The summed E-state index contributed by atoms with van der Waals surface area (Å²) in [6.07, 6.45) is 8.86. The van der Waals surface area contributed by atoms with Gasteiger partial charge in [-0.3, -0.25) is 4.79 Å². The van der Waals surface area contributed by atoms with Crippen LogP contribution in [0.2, 0.25) is 19.6 Å². The molecule has 1 spiro atoms. The predicted molar refractivity (Wildman–Crippen MR) is 129 cm³/mol. The molecule has 5 fully saturated rings. The standard InChI is InChI=1S/C27H46O4Si/c1-18(17-31-32(4,5)6)20-7-8-21-24-22(9-10-26(20,21)3)25(2)11-12-27(29-13-14-30-27)16-19(25)15-23(24)28/h18-22,24H,7-17H2,1-6H3/t18?,19-,20+,21?,22?,24?,25-,26+/m0/s1. The maximum Gasteiger partial charge on any atom is 0.183 e. The topological polar surface area (TPSA) is 44.8 Å². The normalized spacial score (nSPS) is 46.6. The van der Waals surface area contributed by atoms with Crippen molar-refractivity contribution >= 4 is 14.1 Å². The van der Waals surface area contributed by atoms with Crippen molar-refractivity contribution in [2.75, 3.05) is 19.8 Å². The molecule has 1 aliphatic heterocycles. The third-order valence-electron chi connectivity index (χ3n) is 10.8. The number of ketones is 1. The molecule has 1 saturated heterocycles. The van der Waals surface area contributed by atoms with Crippen LogP contribution < -0.4 is 0 Å². The molecule has 1 heterocycles. The highest BCUT2D eigenvalue weighted by Crippen LogP contribution is 2.68. The van der Waals surface area contributed by atoms with E-state index >= 15 is 0 Å². The molecule has 0 bridgehead atoms. The van der Waals surface area contributed by atoms with Crippen molar-refractivity contribution in [1.29, 1.82) is 0 Å². The summed E-state index contributed by atoms with van der Waals surface area (Å²) >= 11 is 0. The molecule has 4 nitrogen and oxygen atoms in total. The zero-order valence-corrected chi connectivity index (χ0v) is 22.4. The number of Topliss-reactive ketones (excluding diaryl/α,β-unsaturated/α-hetero) is 1. The zero-order chi connectivity index (χ0) is 22.9. The lowest BCUT2D eigenvalue weighted by Gasteiger charge is -2.61. The Hall–Kier alpha value is -0.233. The molecule has 0 aromatic rings. The molecular weight excluding hydrogens is 416 g/mol. The van der Waals surface area contributed by atoms with Gasteiger partial charge < -0.3 is 13.9 Å². The first-order valence-electron chi connectivity index (χ1n) is 13.4. The van der Waals surface area contributed by atoms with E-state index in [0.717, 1.165) is 32.3 Å². The van der Waals surface area contributed by atoms with E-state index in [1.54, 1.807) is 0 Å². The summed E-state index contributed by atoms with van der Waals surface area (Å²) in [4.78, 5) is 13.7. The molecule has 0 aromatic heterocycles. The van der Waals surface area contributed by atoms with E-state index in [4.69, 9.17) is 13.9 Å². The zero-order valence-electron chi connectivity index (χ0n) is 21.4. The van der Waals surface area contributed by atoms with Gasteiger partial charge in [-0.15, -0.1) is 0 Å². The van der Waals surface area contributed by atoms with Gasteiger partial charge in [0.05, 0.1) is 13.2 Å². The lowest BCUT2D eigenvalue weighted by Crippen LogP contribution is -2.59. The van der Waals surface area contributed by atoms with Crippen LogP contribution in [0, 0.1) is 46.3 Å². The lowest BCUT2D eigenvalue weighted by molar-refractivity contribution is -0.227. The van der Waals surface area contributed by atoms with Crippen LogP contribution in [0.5, 0.6) is 0 Å². The minimum atomic E-state index is -1.50. The van der Waals surface area contributed by atoms with Gasteiger partial charge >= 0.3 is 0 Å². The van der Waals surface area contributed by atoms with Gasteiger partial charge in [-0.25, -0.2) is 0 Å². The number of carbonyl (C=O) groups excluding carboxylic acids is 1. The minimum Gasteiger partial charge on any atom is -0.417 e. The summed E-state index contributed by atoms with van der Waals surface area (Å²) in [6.45, 7) is 16.7. The summed E-state index contributed by atoms with van der Waals surface area (Å²) in [5.41, 5.74) is 0.570.